The van der Waals surface area contributed by atoms with Crippen LogP contribution in [0.15, 0.2) is 18.5 Å². The molecule has 1 aliphatic carbocycles. The Morgan fingerprint density at radius 1 is 1.59 bits per heavy atom. The fourth-order valence-electron chi connectivity index (χ4n) is 2.34. The zero-order chi connectivity index (χ0) is 12.5. The van der Waals surface area contributed by atoms with Crippen molar-refractivity contribution in [2.45, 2.75) is 39.3 Å². The quantitative estimate of drug-likeness (QED) is 0.840. The third kappa shape index (κ3) is 2.22. The molecule has 0 aromatic carbocycles. The highest BCUT2D eigenvalue weighted by Crippen LogP contribution is 2.44. The molecule has 0 spiro atoms. The highest BCUT2D eigenvalue weighted by atomic mass is 16.5. The number of hydrogen-bond acceptors (Lipinski definition) is 4. The zero-order valence-corrected chi connectivity index (χ0v) is 10.7. The van der Waals surface area contributed by atoms with Crippen molar-refractivity contribution < 1.29 is 4.74 Å². The van der Waals surface area contributed by atoms with Crippen LogP contribution in [0.25, 0.3) is 0 Å². The Bertz CT molecular complexity index is 392. The van der Waals surface area contributed by atoms with Crippen molar-refractivity contribution in [3.05, 3.63) is 18.5 Å². The third-order valence-corrected chi connectivity index (χ3v) is 3.73. The molecule has 1 aliphatic rings. The normalized spacial score (nSPS) is 26.3. The second-order valence-electron chi connectivity index (χ2n) is 5.16. The smallest absolute Gasteiger partial charge is 0.0736 e. The second kappa shape index (κ2) is 4.53. The maximum absolute atomic E-state index is 5.87. The first-order valence-electron chi connectivity index (χ1n) is 6.13. The van der Waals surface area contributed by atoms with Gasteiger partial charge in [0, 0.05) is 24.3 Å². The first-order chi connectivity index (χ1) is 8.05. The van der Waals surface area contributed by atoms with Crippen LogP contribution in [0.4, 0.5) is 11.4 Å². The zero-order valence-electron chi connectivity index (χ0n) is 10.7. The number of nitrogens with two attached hydrogens (primary N) is 1. The van der Waals surface area contributed by atoms with E-state index in [1.807, 2.05) is 13.0 Å². The minimum absolute atomic E-state index is 0.145. The average Bonchev–Trinajstić information content (AvgIpc) is 2.30. The molecule has 1 saturated carbocycles. The van der Waals surface area contributed by atoms with E-state index in [9.17, 15) is 0 Å². The lowest BCUT2D eigenvalue weighted by Crippen LogP contribution is -2.58. The van der Waals surface area contributed by atoms with E-state index in [1.165, 1.54) is 0 Å². The van der Waals surface area contributed by atoms with Gasteiger partial charge in [0.05, 0.1) is 23.7 Å². The minimum Gasteiger partial charge on any atom is -0.396 e. The fraction of sp³-hybridized carbons (Fsp3) is 0.615. The summed E-state index contributed by atoms with van der Waals surface area (Å²) in [5.41, 5.74) is 7.68. The van der Waals surface area contributed by atoms with Crippen molar-refractivity contribution in [1.29, 1.82) is 0 Å². The van der Waals surface area contributed by atoms with Gasteiger partial charge in [0.15, 0.2) is 0 Å². The molecule has 2 rings (SSSR count). The van der Waals surface area contributed by atoms with Gasteiger partial charge in [0.1, 0.15) is 0 Å². The molecule has 0 saturated heterocycles. The molecular weight excluding hydrogens is 214 g/mol. The van der Waals surface area contributed by atoms with Crippen molar-refractivity contribution in [3.8, 4) is 0 Å². The van der Waals surface area contributed by atoms with Gasteiger partial charge in [0.2, 0.25) is 0 Å². The summed E-state index contributed by atoms with van der Waals surface area (Å²) in [5.74, 6) is 0. The summed E-state index contributed by atoms with van der Waals surface area (Å²) in [4.78, 5) is 3.99. The summed E-state index contributed by atoms with van der Waals surface area (Å²) in [6.07, 6.45) is 4.80. The summed E-state index contributed by atoms with van der Waals surface area (Å²) in [5, 5.41) is 3.48. The van der Waals surface area contributed by atoms with Crippen LogP contribution in [-0.4, -0.2) is 23.7 Å². The van der Waals surface area contributed by atoms with Crippen LogP contribution in [0.1, 0.15) is 27.2 Å². The molecule has 0 radical (unpaired) electrons. The van der Waals surface area contributed by atoms with E-state index in [4.69, 9.17) is 10.5 Å². The van der Waals surface area contributed by atoms with Gasteiger partial charge in [0.25, 0.3) is 0 Å². The molecule has 1 heterocycles. The summed E-state index contributed by atoms with van der Waals surface area (Å²) < 4.78 is 5.71. The van der Waals surface area contributed by atoms with E-state index in [0.29, 0.717) is 17.8 Å². The van der Waals surface area contributed by atoms with Crippen molar-refractivity contribution in [1.82, 2.24) is 4.98 Å². The number of hydrogen-bond donors (Lipinski definition) is 2. The predicted molar refractivity (Wildman–Crippen MR) is 69.9 cm³/mol. The van der Waals surface area contributed by atoms with Gasteiger partial charge >= 0.3 is 0 Å². The van der Waals surface area contributed by atoms with Crippen LogP contribution in [-0.2, 0) is 4.74 Å². The van der Waals surface area contributed by atoms with Crippen molar-refractivity contribution in [2.75, 3.05) is 17.7 Å². The predicted octanol–water partition coefficient (Wildman–Crippen LogP) is 2.28. The van der Waals surface area contributed by atoms with Crippen LogP contribution >= 0.6 is 0 Å². The molecule has 2 unspecified atom stereocenters. The highest BCUT2D eigenvalue weighted by Gasteiger charge is 2.48. The van der Waals surface area contributed by atoms with E-state index in [1.54, 1.807) is 12.4 Å². The summed E-state index contributed by atoms with van der Waals surface area (Å²) in [7, 11) is 0. The molecule has 0 bridgehead atoms. The average molecular weight is 235 g/mol. The van der Waals surface area contributed by atoms with E-state index >= 15 is 0 Å². The fourth-order valence-corrected chi connectivity index (χ4v) is 2.34. The summed E-state index contributed by atoms with van der Waals surface area (Å²) in [6.45, 7) is 7.27. The Morgan fingerprint density at radius 2 is 2.35 bits per heavy atom. The summed E-state index contributed by atoms with van der Waals surface area (Å²) >= 11 is 0. The largest absolute Gasteiger partial charge is 0.396 e. The van der Waals surface area contributed by atoms with E-state index < -0.39 is 0 Å². The van der Waals surface area contributed by atoms with Crippen LogP contribution in [0, 0.1) is 5.41 Å². The molecule has 1 aromatic heterocycles. The van der Waals surface area contributed by atoms with Gasteiger partial charge in [-0.15, -0.1) is 0 Å². The van der Waals surface area contributed by atoms with Crippen LogP contribution in [0.5, 0.6) is 0 Å². The monoisotopic (exact) mass is 235 g/mol. The van der Waals surface area contributed by atoms with E-state index in [-0.39, 0.29) is 5.41 Å². The molecule has 17 heavy (non-hydrogen) atoms. The van der Waals surface area contributed by atoms with E-state index in [0.717, 1.165) is 18.7 Å². The first kappa shape index (κ1) is 12.2. The Kier molecular flexibility index (Phi) is 3.24. The van der Waals surface area contributed by atoms with Crippen molar-refractivity contribution in [2.24, 2.45) is 5.41 Å². The Labute approximate surface area is 103 Å². The molecule has 1 aromatic rings. The lowest BCUT2D eigenvalue weighted by molar-refractivity contribution is -0.0975. The Morgan fingerprint density at radius 3 is 2.94 bits per heavy atom. The van der Waals surface area contributed by atoms with Gasteiger partial charge in [-0.1, -0.05) is 13.8 Å². The van der Waals surface area contributed by atoms with Gasteiger partial charge in [-0.25, -0.2) is 0 Å². The number of nitrogen functional groups attached to an aromatic ring is 1. The molecule has 2 atom stereocenters. The maximum Gasteiger partial charge on any atom is 0.0736 e. The van der Waals surface area contributed by atoms with E-state index in [2.05, 4.69) is 24.1 Å². The highest BCUT2D eigenvalue weighted by molar-refractivity contribution is 5.65. The molecule has 4 heteroatoms. The lowest BCUT2D eigenvalue weighted by atomic mass is 9.64. The molecule has 1 fully saturated rings. The molecule has 4 nitrogen and oxygen atoms in total. The number of nitrogens with one attached hydrogen (secondary N) is 1. The number of anilines is 2. The first-order valence-corrected chi connectivity index (χ1v) is 6.13. The lowest BCUT2D eigenvalue weighted by Gasteiger charge is -2.52. The minimum atomic E-state index is 0.145. The van der Waals surface area contributed by atoms with Crippen LogP contribution < -0.4 is 11.1 Å². The molecule has 0 amide bonds. The number of ether oxygens (including phenoxy) is 1. The number of rotatable bonds is 4. The molecule has 3 N–H and O–H groups in total. The van der Waals surface area contributed by atoms with Gasteiger partial charge in [-0.05, 0) is 19.4 Å². The third-order valence-electron chi connectivity index (χ3n) is 3.73. The SMILES string of the molecule is CCOC1CC(Nc2ccncc2N)C1(C)C. The number of nitrogens with zero attached hydrogens (tertiary/aromatic N) is 1. The van der Waals surface area contributed by atoms with Crippen molar-refractivity contribution in [3.63, 3.8) is 0 Å². The standard InChI is InChI=1S/C13H21N3O/c1-4-17-12-7-11(13(12,2)3)16-10-5-6-15-8-9(10)14/h5-6,8,11-12H,4,7,14H2,1-3H3,(H,15,16). The van der Waals surface area contributed by atoms with Crippen molar-refractivity contribution >= 4 is 11.4 Å². The Hall–Kier alpha value is -1.29. The molecule has 94 valence electrons. The molecule has 0 aliphatic heterocycles. The van der Waals surface area contributed by atoms with Crippen LogP contribution in [0.3, 0.4) is 0 Å². The second-order valence-corrected chi connectivity index (χ2v) is 5.16. The summed E-state index contributed by atoms with van der Waals surface area (Å²) in [6, 6.07) is 2.32. The number of aromatic nitrogens is 1. The van der Waals surface area contributed by atoms with Crippen LogP contribution in [0.2, 0.25) is 0 Å². The Balaban J connectivity index is 2.01. The molecular formula is C13H21N3O. The van der Waals surface area contributed by atoms with Gasteiger partial charge < -0.3 is 15.8 Å². The van der Waals surface area contributed by atoms with Gasteiger partial charge in [-0.3, -0.25) is 4.98 Å². The number of pyridine rings is 1. The topological polar surface area (TPSA) is 60.2 Å². The maximum atomic E-state index is 5.87. The van der Waals surface area contributed by atoms with Gasteiger partial charge in [-0.2, -0.15) is 0 Å².